The fraction of sp³-hybridized carbons (Fsp3) is 0.125. The number of amides is 3. The quantitative estimate of drug-likeness (QED) is 0.283. The van der Waals surface area contributed by atoms with Crippen LogP contribution in [0.5, 0.6) is 0 Å². The van der Waals surface area contributed by atoms with Crippen molar-refractivity contribution >= 4 is 40.7 Å². The van der Waals surface area contributed by atoms with Crippen LogP contribution >= 0.6 is 11.6 Å². The summed E-state index contributed by atoms with van der Waals surface area (Å²) in [4.78, 5) is 39.6. The third-order valence-corrected chi connectivity index (χ3v) is 7.59. The van der Waals surface area contributed by atoms with E-state index in [-0.39, 0.29) is 30.3 Å². The summed E-state index contributed by atoms with van der Waals surface area (Å²) in [5.41, 5.74) is 8.93. The van der Waals surface area contributed by atoms with Gasteiger partial charge in [0.05, 0.1) is 22.9 Å². The van der Waals surface area contributed by atoms with Gasteiger partial charge in [0.1, 0.15) is 0 Å². The molecule has 2 heterocycles. The highest BCUT2D eigenvalue weighted by Gasteiger charge is 2.34. The molecule has 6 rings (SSSR count). The fourth-order valence-corrected chi connectivity index (χ4v) is 5.24. The van der Waals surface area contributed by atoms with Gasteiger partial charge in [0.15, 0.2) is 0 Å². The van der Waals surface area contributed by atoms with Crippen molar-refractivity contribution < 1.29 is 14.4 Å². The van der Waals surface area contributed by atoms with Crippen LogP contribution in [0.4, 0.5) is 5.69 Å². The van der Waals surface area contributed by atoms with Gasteiger partial charge in [-0.05, 0) is 65.6 Å². The molecule has 2 aliphatic rings. The van der Waals surface area contributed by atoms with Crippen LogP contribution in [-0.2, 0) is 6.42 Å². The Hall–Kier alpha value is -4.75. The van der Waals surface area contributed by atoms with Crippen molar-refractivity contribution in [1.29, 1.82) is 0 Å². The number of halogens is 1. The van der Waals surface area contributed by atoms with Crippen molar-refractivity contribution in [3.8, 4) is 0 Å². The van der Waals surface area contributed by atoms with Gasteiger partial charge in [0, 0.05) is 29.2 Å². The van der Waals surface area contributed by atoms with Crippen LogP contribution < -0.4 is 10.7 Å². The summed E-state index contributed by atoms with van der Waals surface area (Å²) in [5, 5.41) is 7.90. The Morgan fingerprint density at radius 3 is 2.27 bits per heavy atom. The van der Waals surface area contributed by atoms with E-state index in [1.165, 1.54) is 10.5 Å². The molecule has 0 radical (unpaired) electrons. The number of nitrogens with zero attached hydrogens (tertiary/aromatic N) is 2. The summed E-state index contributed by atoms with van der Waals surface area (Å²) in [6.45, 7) is 0.169. The average Bonchev–Trinajstić information content (AvgIpc) is 3.57. The third kappa shape index (κ3) is 4.99. The molecule has 4 aromatic rings. The van der Waals surface area contributed by atoms with Gasteiger partial charge < -0.3 is 10.7 Å². The highest BCUT2D eigenvalue weighted by atomic mass is 35.5. The number of hydrogen-bond acceptors (Lipinski definition) is 5. The zero-order chi connectivity index (χ0) is 27.6. The summed E-state index contributed by atoms with van der Waals surface area (Å²) in [7, 11) is 0. The largest absolute Gasteiger partial charge is 0.322 e. The maximum atomic E-state index is 13.0. The first-order valence-electron chi connectivity index (χ1n) is 13.0. The Morgan fingerprint density at radius 2 is 1.57 bits per heavy atom. The van der Waals surface area contributed by atoms with Gasteiger partial charge in [-0.3, -0.25) is 19.3 Å². The standard InChI is InChI=1S/C32H25ClN4O3/c33-27-15-12-23(18-22(27)16-17-37-31(39)25-8-4-5-9-26(25)32(37)40)30(38)34-24-13-10-21(11-14-24)29-19-28(35-36-29)20-6-2-1-3-7-20/h1-15,18,28,35H,16-17,19H2,(H,34,38). The van der Waals surface area contributed by atoms with Gasteiger partial charge in [0.2, 0.25) is 0 Å². The minimum atomic E-state index is -0.316. The number of hydrazone groups is 1. The molecule has 0 aliphatic carbocycles. The molecule has 4 aromatic carbocycles. The van der Waals surface area contributed by atoms with Crippen LogP contribution in [0.15, 0.2) is 102 Å². The molecule has 2 N–H and O–H groups in total. The summed E-state index contributed by atoms with van der Waals surface area (Å²) in [5.74, 6) is -0.914. The molecule has 1 atom stereocenters. The summed E-state index contributed by atoms with van der Waals surface area (Å²) >= 11 is 6.40. The predicted octanol–water partition coefficient (Wildman–Crippen LogP) is 5.87. The molecule has 0 saturated heterocycles. The molecule has 0 spiro atoms. The Bertz CT molecular complexity index is 1620. The van der Waals surface area contributed by atoms with Gasteiger partial charge in [-0.15, -0.1) is 0 Å². The zero-order valence-corrected chi connectivity index (χ0v) is 22.2. The second kappa shape index (κ2) is 10.8. The zero-order valence-electron chi connectivity index (χ0n) is 21.4. The number of carbonyl (C=O) groups excluding carboxylic acids is 3. The Kier molecular flexibility index (Phi) is 6.88. The Labute approximate surface area is 236 Å². The lowest BCUT2D eigenvalue weighted by atomic mass is 9.99. The van der Waals surface area contributed by atoms with Crippen LogP contribution in [-0.4, -0.2) is 34.9 Å². The van der Waals surface area contributed by atoms with E-state index in [0.717, 1.165) is 17.7 Å². The summed E-state index contributed by atoms with van der Waals surface area (Å²) < 4.78 is 0. The first-order chi connectivity index (χ1) is 19.5. The summed E-state index contributed by atoms with van der Waals surface area (Å²) in [6.07, 6.45) is 1.12. The van der Waals surface area contributed by atoms with E-state index < -0.39 is 0 Å². The second-order valence-corrected chi connectivity index (χ2v) is 10.2. The molecule has 7 nitrogen and oxygen atoms in total. The van der Waals surface area contributed by atoms with Crippen molar-refractivity contribution in [3.63, 3.8) is 0 Å². The number of benzene rings is 4. The van der Waals surface area contributed by atoms with E-state index >= 15 is 0 Å². The van der Waals surface area contributed by atoms with Crippen molar-refractivity contribution in [2.45, 2.75) is 18.9 Å². The molecule has 3 amide bonds. The number of hydrogen-bond donors (Lipinski definition) is 2. The monoisotopic (exact) mass is 548 g/mol. The molecular weight excluding hydrogens is 524 g/mol. The molecule has 2 aliphatic heterocycles. The van der Waals surface area contributed by atoms with Crippen LogP contribution in [0.25, 0.3) is 0 Å². The number of anilines is 1. The molecular formula is C32H25ClN4O3. The van der Waals surface area contributed by atoms with Crippen molar-refractivity contribution in [2.75, 3.05) is 11.9 Å². The van der Waals surface area contributed by atoms with Gasteiger partial charge in [-0.2, -0.15) is 5.10 Å². The maximum absolute atomic E-state index is 13.0. The van der Waals surface area contributed by atoms with Gasteiger partial charge in [-0.25, -0.2) is 0 Å². The third-order valence-electron chi connectivity index (χ3n) is 7.22. The molecule has 40 heavy (non-hydrogen) atoms. The van der Waals surface area contributed by atoms with Crippen LogP contribution in [0.2, 0.25) is 5.02 Å². The second-order valence-electron chi connectivity index (χ2n) is 9.75. The van der Waals surface area contributed by atoms with E-state index in [1.807, 2.05) is 42.5 Å². The predicted molar refractivity (Wildman–Crippen MR) is 155 cm³/mol. The van der Waals surface area contributed by atoms with Crippen molar-refractivity contribution in [1.82, 2.24) is 10.3 Å². The number of carbonyl (C=O) groups is 3. The van der Waals surface area contributed by atoms with Crippen LogP contribution in [0, 0.1) is 0 Å². The first kappa shape index (κ1) is 25.5. The fourth-order valence-electron chi connectivity index (χ4n) is 5.03. The lowest BCUT2D eigenvalue weighted by molar-refractivity contribution is 0.0655. The molecule has 0 bridgehead atoms. The highest BCUT2D eigenvalue weighted by Crippen LogP contribution is 2.26. The molecule has 0 aromatic heterocycles. The lowest BCUT2D eigenvalue weighted by Crippen LogP contribution is -2.31. The normalized spacial score (nSPS) is 16.0. The molecule has 198 valence electrons. The SMILES string of the molecule is O=C(Nc1ccc(C2=NNC(c3ccccc3)C2)cc1)c1ccc(Cl)c(CCN2C(=O)c3ccccc3C2=O)c1. The number of fused-ring (bicyclic) bond motifs is 1. The Balaban J connectivity index is 1.08. The van der Waals surface area contributed by atoms with Gasteiger partial charge >= 0.3 is 0 Å². The summed E-state index contributed by atoms with van der Waals surface area (Å²) in [6, 6.07) is 29.7. The molecule has 0 saturated carbocycles. The topological polar surface area (TPSA) is 90.9 Å². The average molecular weight is 549 g/mol. The van der Waals surface area contributed by atoms with Crippen molar-refractivity contribution in [3.05, 3.63) is 135 Å². The van der Waals surface area contributed by atoms with E-state index in [4.69, 9.17) is 11.6 Å². The molecule has 1 unspecified atom stereocenters. The minimum absolute atomic E-state index is 0.145. The highest BCUT2D eigenvalue weighted by molar-refractivity contribution is 6.31. The maximum Gasteiger partial charge on any atom is 0.261 e. The number of nitrogens with one attached hydrogen (secondary N) is 2. The van der Waals surface area contributed by atoms with Gasteiger partial charge in [0.25, 0.3) is 17.7 Å². The number of imide groups is 1. The van der Waals surface area contributed by atoms with Crippen molar-refractivity contribution in [2.24, 2.45) is 5.10 Å². The number of rotatable bonds is 7. The van der Waals surface area contributed by atoms with E-state index in [1.54, 1.807) is 42.5 Å². The molecule has 8 heteroatoms. The lowest BCUT2D eigenvalue weighted by Gasteiger charge is -2.15. The van der Waals surface area contributed by atoms with E-state index in [2.05, 4.69) is 28.0 Å². The van der Waals surface area contributed by atoms with Crippen LogP contribution in [0.1, 0.15) is 60.2 Å². The van der Waals surface area contributed by atoms with E-state index in [9.17, 15) is 14.4 Å². The minimum Gasteiger partial charge on any atom is -0.322 e. The van der Waals surface area contributed by atoms with E-state index in [0.29, 0.717) is 39.4 Å². The Morgan fingerprint density at radius 1 is 0.900 bits per heavy atom. The first-order valence-corrected chi connectivity index (χ1v) is 13.4. The molecule has 0 fully saturated rings. The smallest absolute Gasteiger partial charge is 0.261 e. The van der Waals surface area contributed by atoms with Gasteiger partial charge in [-0.1, -0.05) is 66.2 Å². The van der Waals surface area contributed by atoms with Crippen LogP contribution in [0.3, 0.4) is 0 Å².